The fraction of sp³-hybridized carbons (Fsp3) is 0.261. The molecule has 0 unspecified atom stereocenters. The van der Waals surface area contributed by atoms with Gasteiger partial charge in [0, 0.05) is 37.8 Å². The van der Waals surface area contributed by atoms with E-state index in [9.17, 15) is 9.18 Å². The molecule has 1 aliphatic heterocycles. The predicted molar refractivity (Wildman–Crippen MR) is 111 cm³/mol. The first-order chi connectivity index (χ1) is 14.1. The lowest BCUT2D eigenvalue weighted by Gasteiger charge is -2.35. The van der Waals surface area contributed by atoms with E-state index in [0.29, 0.717) is 31.7 Å². The van der Waals surface area contributed by atoms with Crippen LogP contribution in [0.1, 0.15) is 11.1 Å². The van der Waals surface area contributed by atoms with Crippen molar-refractivity contribution in [1.29, 1.82) is 0 Å². The normalized spacial score (nSPS) is 14.1. The number of benzene rings is 2. The molecule has 1 aliphatic rings. The van der Waals surface area contributed by atoms with Crippen LogP contribution in [0.5, 0.6) is 0 Å². The molecule has 1 aromatic heterocycles. The highest BCUT2D eigenvalue weighted by Crippen LogP contribution is 2.24. The Balaban J connectivity index is 1.40. The number of piperazine rings is 1. The van der Waals surface area contributed by atoms with Gasteiger partial charge < -0.3 is 9.80 Å². The van der Waals surface area contributed by atoms with Crippen LogP contribution < -0.4 is 4.90 Å². The maximum absolute atomic E-state index is 13.3. The minimum atomic E-state index is -0.312. The maximum Gasteiger partial charge on any atom is 0.227 e. The number of amides is 1. The van der Waals surface area contributed by atoms with E-state index in [0.717, 1.165) is 17.1 Å². The molecule has 0 saturated carbocycles. The summed E-state index contributed by atoms with van der Waals surface area (Å²) in [6.45, 7) is 4.73. The molecule has 6 heteroatoms. The maximum atomic E-state index is 13.3. The Hall–Kier alpha value is -3.28. The average Bonchev–Trinajstić information content (AvgIpc) is 2.74. The molecule has 0 bridgehead atoms. The first-order valence-corrected chi connectivity index (χ1v) is 9.75. The summed E-state index contributed by atoms with van der Waals surface area (Å²) in [6, 6.07) is 16.4. The second kappa shape index (κ2) is 8.39. The molecule has 3 aromatic rings. The zero-order valence-electron chi connectivity index (χ0n) is 16.4. The molecule has 0 aliphatic carbocycles. The Labute approximate surface area is 169 Å². The number of carbonyl (C=O) groups is 1. The zero-order chi connectivity index (χ0) is 20.2. The minimum absolute atomic E-state index is 0.0264. The molecule has 0 radical (unpaired) electrons. The topological polar surface area (TPSA) is 49.3 Å². The van der Waals surface area contributed by atoms with Crippen LogP contribution in [0.2, 0.25) is 0 Å². The van der Waals surface area contributed by atoms with Crippen molar-refractivity contribution in [3.63, 3.8) is 0 Å². The van der Waals surface area contributed by atoms with E-state index in [4.69, 9.17) is 0 Å². The number of rotatable bonds is 4. The summed E-state index contributed by atoms with van der Waals surface area (Å²) in [4.78, 5) is 25.4. The molecule has 1 saturated heterocycles. The minimum Gasteiger partial charge on any atom is -0.353 e. The zero-order valence-corrected chi connectivity index (χ0v) is 16.4. The lowest BCUT2D eigenvalue weighted by Crippen LogP contribution is -2.49. The number of hydrogen-bond donors (Lipinski definition) is 0. The number of aromatic nitrogens is 2. The van der Waals surface area contributed by atoms with Gasteiger partial charge in [0.15, 0.2) is 0 Å². The van der Waals surface area contributed by atoms with Crippen molar-refractivity contribution in [2.45, 2.75) is 13.3 Å². The Bertz CT molecular complexity index is 1020. The fourth-order valence-corrected chi connectivity index (χ4v) is 3.65. The molecule has 5 nitrogen and oxygen atoms in total. The smallest absolute Gasteiger partial charge is 0.227 e. The van der Waals surface area contributed by atoms with Crippen molar-refractivity contribution < 1.29 is 9.18 Å². The monoisotopic (exact) mass is 390 g/mol. The van der Waals surface area contributed by atoms with Gasteiger partial charge in [-0.2, -0.15) is 0 Å². The molecule has 4 rings (SSSR count). The van der Waals surface area contributed by atoms with Crippen LogP contribution in [-0.4, -0.2) is 47.0 Å². The predicted octanol–water partition coefficient (Wildman–Crippen LogP) is 3.48. The van der Waals surface area contributed by atoms with Crippen LogP contribution in [0.15, 0.2) is 60.9 Å². The average molecular weight is 390 g/mol. The van der Waals surface area contributed by atoms with E-state index in [2.05, 4.69) is 33.9 Å². The number of carbonyl (C=O) groups excluding carboxylic acids is 1. The van der Waals surface area contributed by atoms with Gasteiger partial charge in [0.25, 0.3) is 0 Å². The molecule has 2 heterocycles. The van der Waals surface area contributed by atoms with Gasteiger partial charge in [0.2, 0.25) is 5.91 Å². The largest absolute Gasteiger partial charge is 0.353 e. The van der Waals surface area contributed by atoms with Crippen LogP contribution in [0.4, 0.5) is 10.2 Å². The van der Waals surface area contributed by atoms with Crippen LogP contribution in [-0.2, 0) is 11.2 Å². The Kier molecular flexibility index (Phi) is 5.51. The van der Waals surface area contributed by atoms with E-state index >= 15 is 0 Å². The van der Waals surface area contributed by atoms with Gasteiger partial charge in [-0.1, -0.05) is 36.4 Å². The third-order valence-electron chi connectivity index (χ3n) is 5.27. The number of halogens is 1. The Morgan fingerprint density at radius 2 is 1.79 bits per heavy atom. The van der Waals surface area contributed by atoms with Gasteiger partial charge in [-0.3, -0.25) is 4.79 Å². The van der Waals surface area contributed by atoms with E-state index in [-0.39, 0.29) is 18.1 Å². The SMILES string of the molecule is Cc1ccccc1-c1cc(N2CCN(C(=O)Cc3cccc(F)c3)CC2)ncn1. The van der Waals surface area contributed by atoms with Gasteiger partial charge in [0.05, 0.1) is 12.1 Å². The van der Waals surface area contributed by atoms with Crippen LogP contribution in [0.3, 0.4) is 0 Å². The standard InChI is InChI=1S/C23H23FN4O/c1-17-5-2-3-8-20(17)21-15-22(26-16-25-21)27-9-11-28(12-10-27)23(29)14-18-6-4-7-19(24)13-18/h2-8,13,15-16H,9-12,14H2,1H3. The molecule has 0 spiro atoms. The summed E-state index contributed by atoms with van der Waals surface area (Å²) in [7, 11) is 0. The van der Waals surface area contributed by atoms with Crippen LogP contribution in [0.25, 0.3) is 11.3 Å². The molecule has 0 N–H and O–H groups in total. The molecule has 148 valence electrons. The van der Waals surface area contributed by atoms with Crippen molar-refractivity contribution in [3.05, 3.63) is 77.9 Å². The highest BCUT2D eigenvalue weighted by Gasteiger charge is 2.22. The first-order valence-electron chi connectivity index (χ1n) is 9.75. The molecule has 29 heavy (non-hydrogen) atoms. The number of hydrogen-bond acceptors (Lipinski definition) is 4. The number of aryl methyl sites for hydroxylation is 1. The second-order valence-corrected chi connectivity index (χ2v) is 7.25. The van der Waals surface area contributed by atoms with Gasteiger partial charge >= 0.3 is 0 Å². The van der Waals surface area contributed by atoms with E-state index in [1.165, 1.54) is 17.7 Å². The molecular weight excluding hydrogens is 367 g/mol. The first kappa shape index (κ1) is 19.1. The van der Waals surface area contributed by atoms with Crippen LogP contribution in [0, 0.1) is 12.7 Å². The van der Waals surface area contributed by atoms with Crippen molar-refractivity contribution in [2.75, 3.05) is 31.1 Å². The number of nitrogens with zero attached hydrogens (tertiary/aromatic N) is 4. The molecule has 1 amide bonds. The molecular formula is C23H23FN4O. The van der Waals surface area contributed by atoms with Gasteiger partial charge in [-0.05, 0) is 30.2 Å². The quantitative estimate of drug-likeness (QED) is 0.684. The fourth-order valence-electron chi connectivity index (χ4n) is 3.65. The summed E-state index contributed by atoms with van der Waals surface area (Å²) in [5, 5.41) is 0. The molecule has 1 fully saturated rings. The molecule has 2 aromatic carbocycles. The summed E-state index contributed by atoms with van der Waals surface area (Å²) in [6.07, 6.45) is 1.82. The van der Waals surface area contributed by atoms with Crippen LogP contribution >= 0.6 is 0 Å². The third kappa shape index (κ3) is 4.42. The van der Waals surface area contributed by atoms with Gasteiger partial charge in [-0.25, -0.2) is 14.4 Å². The van der Waals surface area contributed by atoms with Crippen molar-refractivity contribution in [2.24, 2.45) is 0 Å². The van der Waals surface area contributed by atoms with Crippen molar-refractivity contribution in [3.8, 4) is 11.3 Å². The Morgan fingerprint density at radius 1 is 1.00 bits per heavy atom. The summed E-state index contributed by atoms with van der Waals surface area (Å²) in [5.41, 5.74) is 3.87. The van der Waals surface area contributed by atoms with Crippen molar-refractivity contribution >= 4 is 11.7 Å². The third-order valence-corrected chi connectivity index (χ3v) is 5.27. The van der Waals surface area contributed by atoms with Crippen molar-refractivity contribution in [1.82, 2.24) is 14.9 Å². The van der Waals surface area contributed by atoms with Gasteiger partial charge in [-0.15, -0.1) is 0 Å². The summed E-state index contributed by atoms with van der Waals surface area (Å²) >= 11 is 0. The highest BCUT2D eigenvalue weighted by molar-refractivity contribution is 5.79. The highest BCUT2D eigenvalue weighted by atomic mass is 19.1. The number of anilines is 1. The lowest BCUT2D eigenvalue weighted by molar-refractivity contribution is -0.130. The van der Waals surface area contributed by atoms with E-state index in [1.54, 1.807) is 18.5 Å². The Morgan fingerprint density at radius 3 is 2.55 bits per heavy atom. The van der Waals surface area contributed by atoms with E-state index < -0.39 is 0 Å². The van der Waals surface area contributed by atoms with Gasteiger partial charge in [0.1, 0.15) is 18.0 Å². The lowest BCUT2D eigenvalue weighted by atomic mass is 10.1. The van der Waals surface area contributed by atoms with E-state index in [1.807, 2.05) is 23.1 Å². The second-order valence-electron chi connectivity index (χ2n) is 7.25. The summed E-state index contributed by atoms with van der Waals surface area (Å²) < 4.78 is 13.3. The summed E-state index contributed by atoms with van der Waals surface area (Å²) in [5.74, 6) is 0.586. The molecule has 0 atom stereocenters.